The van der Waals surface area contributed by atoms with Gasteiger partial charge in [-0.25, -0.2) is 0 Å². The highest BCUT2D eigenvalue weighted by molar-refractivity contribution is 8.14. The van der Waals surface area contributed by atoms with E-state index in [1.807, 2.05) is 0 Å². The first-order chi connectivity index (χ1) is 8.91. The molecule has 0 aliphatic rings. The Labute approximate surface area is 174 Å². The summed E-state index contributed by atoms with van der Waals surface area (Å²) >= 11 is 3.93. The Balaban J connectivity index is -0.000000270. The van der Waals surface area contributed by atoms with Gasteiger partial charge in [0.2, 0.25) is 0 Å². The number of nitrogens with one attached hydrogen (secondary N) is 3. The fraction of sp³-hybridized carbons (Fsp3) is 0.667. The first-order valence-electron chi connectivity index (χ1n) is 5.54. The molecule has 0 rings (SSSR count). The molecule has 0 atom stereocenters. The van der Waals surface area contributed by atoms with Crippen LogP contribution < -0.4 is 17.2 Å². The third-order valence-corrected chi connectivity index (χ3v) is 4.09. The van der Waals surface area contributed by atoms with Crippen molar-refractivity contribution in [2.45, 2.75) is 0 Å². The SMILES string of the molecule is Cl.Cl.Cl.Cl.N=C(N)SCCN(CCSC(=N)N)CCSC(=N)N. The van der Waals surface area contributed by atoms with Gasteiger partial charge in [0.05, 0.1) is 0 Å². The zero-order chi connectivity index (χ0) is 14.7. The van der Waals surface area contributed by atoms with Gasteiger partial charge in [0.25, 0.3) is 0 Å². The number of amidine groups is 3. The van der Waals surface area contributed by atoms with Crippen LogP contribution in [0, 0.1) is 16.2 Å². The van der Waals surface area contributed by atoms with Crippen LogP contribution in [0.4, 0.5) is 0 Å². The first kappa shape index (κ1) is 34.8. The van der Waals surface area contributed by atoms with E-state index in [0.717, 1.165) is 36.9 Å². The average molecular weight is 469 g/mol. The van der Waals surface area contributed by atoms with Crippen molar-refractivity contribution in [3.05, 3.63) is 0 Å². The monoisotopic (exact) mass is 467 g/mol. The number of nitrogens with two attached hydrogens (primary N) is 3. The molecule has 142 valence electrons. The van der Waals surface area contributed by atoms with Crippen LogP contribution in [0.3, 0.4) is 0 Å². The van der Waals surface area contributed by atoms with E-state index in [1.165, 1.54) is 35.3 Å². The van der Waals surface area contributed by atoms with Gasteiger partial charge < -0.3 is 22.1 Å². The van der Waals surface area contributed by atoms with E-state index in [4.69, 9.17) is 33.4 Å². The van der Waals surface area contributed by atoms with Crippen LogP contribution in [0.15, 0.2) is 0 Å². The van der Waals surface area contributed by atoms with Crippen LogP contribution in [0.25, 0.3) is 0 Å². The lowest BCUT2D eigenvalue weighted by molar-refractivity contribution is 0.330. The van der Waals surface area contributed by atoms with Gasteiger partial charge in [0.15, 0.2) is 15.5 Å². The minimum atomic E-state index is 0. The number of nitrogens with zero attached hydrogens (tertiary/aromatic N) is 1. The van der Waals surface area contributed by atoms with Crippen molar-refractivity contribution in [3.8, 4) is 0 Å². The molecule has 0 aliphatic carbocycles. The summed E-state index contributed by atoms with van der Waals surface area (Å²) < 4.78 is 0. The van der Waals surface area contributed by atoms with Gasteiger partial charge in [-0.1, -0.05) is 35.3 Å². The van der Waals surface area contributed by atoms with E-state index in [0.29, 0.717) is 0 Å². The highest BCUT2D eigenvalue weighted by Gasteiger charge is 2.06. The molecule has 14 heteroatoms. The zero-order valence-electron chi connectivity index (χ0n) is 12.3. The van der Waals surface area contributed by atoms with Crippen LogP contribution in [0.5, 0.6) is 0 Å². The molecule has 0 aromatic carbocycles. The maximum Gasteiger partial charge on any atom is 0.151 e. The number of halogens is 4. The summed E-state index contributed by atoms with van der Waals surface area (Å²) in [5.74, 6) is 2.26. The second-order valence-corrected chi connectivity index (χ2v) is 6.89. The lowest BCUT2D eigenvalue weighted by atomic mass is 10.5. The van der Waals surface area contributed by atoms with E-state index in [2.05, 4.69) is 4.90 Å². The lowest BCUT2D eigenvalue weighted by Crippen LogP contribution is -2.32. The first-order valence-corrected chi connectivity index (χ1v) is 8.50. The minimum Gasteiger partial charge on any atom is -0.379 e. The Bertz CT molecular complexity index is 278. The third kappa shape index (κ3) is 27.7. The maximum absolute atomic E-state index is 7.15. The molecule has 0 aliphatic heterocycles. The molecule has 0 aromatic rings. The van der Waals surface area contributed by atoms with E-state index in [-0.39, 0.29) is 65.1 Å². The molecule has 0 saturated heterocycles. The molecule has 0 saturated carbocycles. The van der Waals surface area contributed by atoms with Gasteiger partial charge in [-0.15, -0.1) is 49.6 Å². The highest BCUT2D eigenvalue weighted by atomic mass is 35.5. The number of hydrogen-bond donors (Lipinski definition) is 6. The fourth-order valence-electron chi connectivity index (χ4n) is 1.19. The van der Waals surface area contributed by atoms with E-state index < -0.39 is 0 Å². The van der Waals surface area contributed by atoms with Gasteiger partial charge in [0, 0.05) is 36.9 Å². The van der Waals surface area contributed by atoms with Crippen LogP contribution in [-0.4, -0.2) is 57.3 Å². The Morgan fingerprint density at radius 2 is 0.826 bits per heavy atom. The van der Waals surface area contributed by atoms with Crippen molar-refractivity contribution in [1.82, 2.24) is 4.90 Å². The highest BCUT2D eigenvalue weighted by Crippen LogP contribution is 2.05. The van der Waals surface area contributed by atoms with Crippen molar-refractivity contribution >= 4 is 100 Å². The molecule has 0 aromatic heterocycles. The molecule has 0 heterocycles. The van der Waals surface area contributed by atoms with Crippen molar-refractivity contribution in [2.75, 3.05) is 36.9 Å². The summed E-state index contributed by atoms with van der Waals surface area (Å²) in [7, 11) is 0. The van der Waals surface area contributed by atoms with Crippen molar-refractivity contribution in [3.63, 3.8) is 0 Å². The predicted octanol–water partition coefficient (Wildman–Crippen LogP) is 1.86. The van der Waals surface area contributed by atoms with Crippen LogP contribution in [0.2, 0.25) is 0 Å². The molecule has 9 N–H and O–H groups in total. The topological polar surface area (TPSA) is 153 Å². The molecular formula is C9H25Cl4N7S3. The average Bonchev–Trinajstić information content (AvgIpc) is 2.26. The van der Waals surface area contributed by atoms with E-state index >= 15 is 0 Å². The second-order valence-electron chi connectivity index (χ2n) is 3.48. The molecule has 0 fully saturated rings. The largest absolute Gasteiger partial charge is 0.379 e. The summed E-state index contributed by atoms with van der Waals surface area (Å²) in [5.41, 5.74) is 15.9. The minimum absolute atomic E-state index is 0. The number of rotatable bonds is 9. The Kier molecular flexibility index (Phi) is 34.2. The van der Waals surface area contributed by atoms with Crippen LogP contribution in [0.1, 0.15) is 0 Å². The Morgan fingerprint density at radius 1 is 0.609 bits per heavy atom. The molecule has 0 bridgehead atoms. The smallest absolute Gasteiger partial charge is 0.151 e. The van der Waals surface area contributed by atoms with Crippen LogP contribution in [-0.2, 0) is 0 Å². The van der Waals surface area contributed by atoms with E-state index in [9.17, 15) is 0 Å². The molecular weight excluding hydrogens is 444 g/mol. The maximum atomic E-state index is 7.15. The van der Waals surface area contributed by atoms with Crippen LogP contribution >= 0.6 is 84.9 Å². The van der Waals surface area contributed by atoms with Crippen molar-refractivity contribution < 1.29 is 0 Å². The summed E-state index contributed by atoms with van der Waals surface area (Å²) in [6.07, 6.45) is 0. The van der Waals surface area contributed by atoms with Gasteiger partial charge in [-0.3, -0.25) is 16.2 Å². The molecule has 0 unspecified atom stereocenters. The molecule has 0 amide bonds. The standard InChI is InChI=1S/C9H21N7S3.4ClH/c10-7(11)17-4-1-16(2-5-18-8(12)13)3-6-19-9(14)15;;;;/h1-6H2,(H3,10,11)(H3,12,13)(H3,14,15);4*1H. The number of thioether (sulfide) groups is 3. The predicted molar refractivity (Wildman–Crippen MR) is 119 cm³/mol. The van der Waals surface area contributed by atoms with Crippen molar-refractivity contribution in [1.29, 1.82) is 16.2 Å². The third-order valence-electron chi connectivity index (χ3n) is 2.00. The molecule has 0 spiro atoms. The molecule has 0 radical (unpaired) electrons. The summed E-state index contributed by atoms with van der Waals surface area (Å²) in [6, 6.07) is 0. The Morgan fingerprint density at radius 3 is 1.00 bits per heavy atom. The van der Waals surface area contributed by atoms with Gasteiger partial charge in [-0.2, -0.15) is 0 Å². The fourth-order valence-corrected chi connectivity index (χ4v) is 2.90. The molecule has 23 heavy (non-hydrogen) atoms. The quantitative estimate of drug-likeness (QED) is 0.223. The number of hydrogen-bond acceptors (Lipinski definition) is 7. The lowest BCUT2D eigenvalue weighted by Gasteiger charge is -2.21. The summed E-state index contributed by atoms with van der Waals surface area (Å²) in [5, 5.41) is 21.8. The van der Waals surface area contributed by atoms with Crippen molar-refractivity contribution in [2.24, 2.45) is 17.2 Å². The normalized spacial score (nSPS) is 8.74. The second kappa shape index (κ2) is 22.6. The summed E-state index contributed by atoms with van der Waals surface area (Å²) in [6.45, 7) is 2.42. The van der Waals surface area contributed by atoms with E-state index in [1.54, 1.807) is 0 Å². The van der Waals surface area contributed by atoms with Gasteiger partial charge >= 0.3 is 0 Å². The zero-order valence-corrected chi connectivity index (χ0v) is 18.0. The van der Waals surface area contributed by atoms with Gasteiger partial charge in [-0.05, 0) is 0 Å². The molecule has 7 nitrogen and oxygen atoms in total. The van der Waals surface area contributed by atoms with Gasteiger partial charge in [0.1, 0.15) is 0 Å². The Hall–Kier alpha value is 0.580. The summed E-state index contributed by atoms with van der Waals surface area (Å²) in [4.78, 5) is 2.20.